The van der Waals surface area contributed by atoms with Gasteiger partial charge in [0.15, 0.2) is 0 Å². The fourth-order valence-electron chi connectivity index (χ4n) is 4.35. The first-order valence-corrected chi connectivity index (χ1v) is 9.57. The lowest BCUT2D eigenvalue weighted by Gasteiger charge is -2.13. The third kappa shape index (κ3) is 2.64. The summed E-state index contributed by atoms with van der Waals surface area (Å²) in [5.41, 5.74) is 5.28. The highest BCUT2D eigenvalue weighted by Gasteiger charge is 2.25. The van der Waals surface area contributed by atoms with Crippen molar-refractivity contribution in [3.05, 3.63) is 60.4 Å². The molecule has 0 saturated heterocycles. The summed E-state index contributed by atoms with van der Waals surface area (Å²) in [6.07, 6.45) is 6.55. The van der Waals surface area contributed by atoms with E-state index in [2.05, 4.69) is 22.9 Å². The monoisotopic (exact) mass is 358 g/mol. The Bertz CT molecular complexity index is 1100. The van der Waals surface area contributed by atoms with E-state index in [0.717, 1.165) is 51.9 Å². The fraction of sp³-hybridized carbons (Fsp3) is 0.261. The van der Waals surface area contributed by atoms with Crippen LogP contribution in [0.4, 0.5) is 0 Å². The van der Waals surface area contributed by atoms with Gasteiger partial charge in [-0.15, -0.1) is 0 Å². The van der Waals surface area contributed by atoms with Crippen molar-refractivity contribution in [3.8, 4) is 28.3 Å². The van der Waals surface area contributed by atoms with Gasteiger partial charge in [0.1, 0.15) is 17.2 Å². The van der Waals surface area contributed by atoms with E-state index in [1.54, 1.807) is 18.4 Å². The molecule has 1 N–H and O–H groups in total. The van der Waals surface area contributed by atoms with Crippen LogP contribution in [-0.4, -0.2) is 14.9 Å². The Hall–Kier alpha value is -3.01. The van der Waals surface area contributed by atoms with Crippen molar-refractivity contribution in [1.29, 1.82) is 0 Å². The molecule has 4 heteroatoms. The molecular weight excluding hydrogens is 336 g/mol. The molecule has 4 aromatic rings. The van der Waals surface area contributed by atoms with E-state index < -0.39 is 0 Å². The van der Waals surface area contributed by atoms with Crippen molar-refractivity contribution < 1.29 is 9.52 Å². The Morgan fingerprint density at radius 2 is 1.89 bits per heavy atom. The first-order valence-electron chi connectivity index (χ1n) is 9.57. The minimum absolute atomic E-state index is 0.284. The van der Waals surface area contributed by atoms with E-state index in [0.29, 0.717) is 6.04 Å². The number of hydrogen-bond donors (Lipinski definition) is 1. The van der Waals surface area contributed by atoms with Crippen LogP contribution >= 0.6 is 0 Å². The predicted octanol–water partition coefficient (Wildman–Crippen LogP) is 6.09. The largest absolute Gasteiger partial charge is 0.508 e. The smallest absolute Gasteiger partial charge is 0.136 e. The van der Waals surface area contributed by atoms with E-state index in [1.807, 2.05) is 25.1 Å². The molecule has 1 fully saturated rings. The number of para-hydroxylation sites is 1. The van der Waals surface area contributed by atoms with Crippen LogP contribution in [0.15, 0.2) is 59.2 Å². The topological polar surface area (TPSA) is 51.2 Å². The number of fused-ring (bicyclic) bond motifs is 1. The number of rotatable bonds is 3. The minimum atomic E-state index is 0.284. The molecule has 2 heterocycles. The van der Waals surface area contributed by atoms with Gasteiger partial charge in [0.25, 0.3) is 0 Å². The van der Waals surface area contributed by atoms with Crippen LogP contribution in [0.25, 0.3) is 33.5 Å². The first kappa shape index (κ1) is 16.2. The van der Waals surface area contributed by atoms with E-state index in [1.165, 1.54) is 12.8 Å². The van der Waals surface area contributed by atoms with Gasteiger partial charge in [-0.1, -0.05) is 25.0 Å². The van der Waals surface area contributed by atoms with Crippen molar-refractivity contribution in [2.45, 2.75) is 38.6 Å². The standard InChI is InChI=1S/C23H22N2O2/c1-15-14-17(26)11-12-18(15)22-20-9-4-8-19(21-10-5-13-27-21)23(20)25(24-22)16-6-2-3-7-16/h4-5,8-14,16,26H,2-3,6-7H2,1H3. The molecule has 136 valence electrons. The van der Waals surface area contributed by atoms with Crippen molar-refractivity contribution in [2.75, 3.05) is 0 Å². The second kappa shape index (κ2) is 6.31. The molecule has 4 nitrogen and oxygen atoms in total. The molecule has 0 unspecified atom stereocenters. The SMILES string of the molecule is Cc1cc(O)ccc1-c1nn(C2CCCC2)c2c(-c3ccco3)cccc12. The number of phenols is 1. The van der Waals surface area contributed by atoms with Crippen LogP contribution in [0, 0.1) is 6.92 Å². The Kier molecular flexibility index (Phi) is 3.78. The van der Waals surface area contributed by atoms with Gasteiger partial charge in [-0.3, -0.25) is 4.68 Å². The summed E-state index contributed by atoms with van der Waals surface area (Å²) in [5, 5.41) is 16.0. The Labute approximate surface area is 158 Å². The average molecular weight is 358 g/mol. The van der Waals surface area contributed by atoms with Gasteiger partial charge < -0.3 is 9.52 Å². The zero-order valence-corrected chi connectivity index (χ0v) is 15.4. The number of hydrogen-bond acceptors (Lipinski definition) is 3. The van der Waals surface area contributed by atoms with Crippen molar-refractivity contribution in [1.82, 2.24) is 9.78 Å². The second-order valence-corrected chi connectivity index (χ2v) is 7.41. The van der Waals surface area contributed by atoms with E-state index in [4.69, 9.17) is 9.52 Å². The molecular formula is C23H22N2O2. The lowest BCUT2D eigenvalue weighted by molar-refractivity contribution is 0.475. The highest BCUT2D eigenvalue weighted by atomic mass is 16.3. The molecule has 1 saturated carbocycles. The van der Waals surface area contributed by atoms with Crippen LogP contribution in [0.1, 0.15) is 37.3 Å². The molecule has 0 amide bonds. The number of aryl methyl sites for hydroxylation is 1. The summed E-state index contributed by atoms with van der Waals surface area (Å²) in [5.74, 6) is 1.15. The number of aromatic hydroxyl groups is 1. The minimum Gasteiger partial charge on any atom is -0.508 e. The highest BCUT2D eigenvalue weighted by Crippen LogP contribution is 2.40. The molecule has 2 aromatic heterocycles. The molecule has 0 radical (unpaired) electrons. The van der Waals surface area contributed by atoms with Crippen LogP contribution in [0.3, 0.4) is 0 Å². The highest BCUT2D eigenvalue weighted by molar-refractivity contribution is 6.01. The maximum Gasteiger partial charge on any atom is 0.136 e. The van der Waals surface area contributed by atoms with Crippen molar-refractivity contribution in [3.63, 3.8) is 0 Å². The average Bonchev–Trinajstić information content (AvgIpc) is 3.42. The number of phenolic OH excluding ortho intramolecular Hbond substituents is 1. The molecule has 27 heavy (non-hydrogen) atoms. The lowest BCUT2D eigenvalue weighted by atomic mass is 10.0. The fourth-order valence-corrected chi connectivity index (χ4v) is 4.35. The van der Waals surface area contributed by atoms with Gasteiger partial charge in [0.05, 0.1) is 17.8 Å². The molecule has 0 atom stereocenters. The zero-order chi connectivity index (χ0) is 18.4. The van der Waals surface area contributed by atoms with Crippen LogP contribution in [0.2, 0.25) is 0 Å². The molecule has 0 aliphatic heterocycles. The number of nitrogens with zero attached hydrogens (tertiary/aromatic N) is 2. The summed E-state index contributed by atoms with van der Waals surface area (Å²) < 4.78 is 7.95. The van der Waals surface area contributed by atoms with Gasteiger partial charge in [-0.2, -0.15) is 5.10 Å². The van der Waals surface area contributed by atoms with Gasteiger partial charge in [-0.25, -0.2) is 0 Å². The Morgan fingerprint density at radius 3 is 2.63 bits per heavy atom. The maximum absolute atomic E-state index is 9.81. The van der Waals surface area contributed by atoms with E-state index >= 15 is 0 Å². The third-order valence-corrected chi connectivity index (χ3v) is 5.65. The maximum atomic E-state index is 9.81. The van der Waals surface area contributed by atoms with Crippen molar-refractivity contribution in [2.24, 2.45) is 0 Å². The van der Waals surface area contributed by atoms with E-state index in [-0.39, 0.29) is 5.75 Å². The van der Waals surface area contributed by atoms with Crippen LogP contribution < -0.4 is 0 Å². The second-order valence-electron chi connectivity index (χ2n) is 7.41. The predicted molar refractivity (Wildman–Crippen MR) is 107 cm³/mol. The zero-order valence-electron chi connectivity index (χ0n) is 15.4. The molecule has 0 spiro atoms. The Morgan fingerprint density at radius 1 is 1.04 bits per heavy atom. The summed E-state index contributed by atoms with van der Waals surface area (Å²) in [6, 6.07) is 16.2. The normalized spacial score (nSPS) is 15.0. The molecule has 2 aromatic carbocycles. The van der Waals surface area contributed by atoms with Crippen LogP contribution in [-0.2, 0) is 0 Å². The molecule has 1 aliphatic carbocycles. The van der Waals surface area contributed by atoms with Crippen molar-refractivity contribution >= 4 is 10.9 Å². The summed E-state index contributed by atoms with van der Waals surface area (Å²) in [7, 11) is 0. The molecule has 5 rings (SSSR count). The van der Waals surface area contributed by atoms with Crippen LogP contribution in [0.5, 0.6) is 5.75 Å². The number of furan rings is 1. The number of aromatic nitrogens is 2. The first-order chi connectivity index (χ1) is 13.2. The van der Waals surface area contributed by atoms with E-state index in [9.17, 15) is 5.11 Å². The van der Waals surface area contributed by atoms with Gasteiger partial charge in [-0.05, 0) is 61.7 Å². The van der Waals surface area contributed by atoms with Gasteiger partial charge >= 0.3 is 0 Å². The van der Waals surface area contributed by atoms with Gasteiger partial charge in [0, 0.05) is 16.5 Å². The summed E-state index contributed by atoms with van der Waals surface area (Å²) >= 11 is 0. The van der Waals surface area contributed by atoms with Gasteiger partial charge in [0.2, 0.25) is 0 Å². The Balaban J connectivity index is 1.81. The summed E-state index contributed by atoms with van der Waals surface area (Å²) in [6.45, 7) is 2.02. The third-order valence-electron chi connectivity index (χ3n) is 5.65. The molecule has 1 aliphatic rings. The summed E-state index contributed by atoms with van der Waals surface area (Å²) in [4.78, 5) is 0. The lowest BCUT2D eigenvalue weighted by Crippen LogP contribution is -2.07. The quantitative estimate of drug-likeness (QED) is 0.482. The molecule has 0 bridgehead atoms. The number of benzene rings is 2.